The molecule has 0 radical (unpaired) electrons. The van der Waals surface area contributed by atoms with Gasteiger partial charge in [0.1, 0.15) is 6.04 Å². The van der Waals surface area contributed by atoms with Crippen LogP contribution in [0.3, 0.4) is 0 Å². The number of aliphatic carboxylic acids is 1. The lowest BCUT2D eigenvalue weighted by Gasteiger charge is -2.34. The predicted molar refractivity (Wildman–Crippen MR) is 82.3 cm³/mol. The van der Waals surface area contributed by atoms with Crippen molar-refractivity contribution in [2.75, 3.05) is 0 Å². The van der Waals surface area contributed by atoms with Crippen LogP contribution in [0.5, 0.6) is 0 Å². The first-order chi connectivity index (χ1) is 10.1. The first-order valence-corrected chi connectivity index (χ1v) is 7.30. The standard InChI is InChI=1S/C17H16ClNO2/c18-15-8-4-3-7-14(15)11-19-10-13-6-2-1-5-12(13)9-16(19)17(20)21/h1-8,16H,9-11H2,(H,20,21)/t16-/m1/s1. The second kappa shape index (κ2) is 5.88. The molecule has 2 aromatic rings. The summed E-state index contributed by atoms with van der Waals surface area (Å²) < 4.78 is 0. The van der Waals surface area contributed by atoms with E-state index in [1.54, 1.807) is 0 Å². The number of nitrogens with zero attached hydrogens (tertiary/aromatic N) is 1. The Morgan fingerprint density at radius 1 is 1.14 bits per heavy atom. The molecule has 4 heteroatoms. The van der Waals surface area contributed by atoms with Crippen LogP contribution in [0, 0.1) is 0 Å². The number of rotatable bonds is 3. The number of carboxylic acid groups (broad SMARTS) is 1. The SMILES string of the molecule is O=C(O)[C@H]1Cc2ccccc2CN1Cc1ccccc1Cl. The molecule has 0 aliphatic carbocycles. The van der Waals surface area contributed by atoms with Crippen LogP contribution >= 0.6 is 11.6 Å². The van der Waals surface area contributed by atoms with E-state index < -0.39 is 12.0 Å². The molecule has 3 nitrogen and oxygen atoms in total. The second-order valence-electron chi connectivity index (χ2n) is 5.32. The topological polar surface area (TPSA) is 40.5 Å². The summed E-state index contributed by atoms with van der Waals surface area (Å²) in [5.74, 6) is -0.781. The van der Waals surface area contributed by atoms with Gasteiger partial charge in [-0.15, -0.1) is 0 Å². The third-order valence-corrected chi connectivity index (χ3v) is 4.33. The molecule has 0 saturated carbocycles. The van der Waals surface area contributed by atoms with Crippen LogP contribution in [0.25, 0.3) is 0 Å². The van der Waals surface area contributed by atoms with Gasteiger partial charge in [0.25, 0.3) is 0 Å². The van der Waals surface area contributed by atoms with Gasteiger partial charge in [0.05, 0.1) is 0 Å². The summed E-state index contributed by atoms with van der Waals surface area (Å²) >= 11 is 6.20. The average Bonchev–Trinajstić information content (AvgIpc) is 2.48. The average molecular weight is 302 g/mol. The molecule has 1 aliphatic heterocycles. The van der Waals surface area contributed by atoms with Crippen molar-refractivity contribution < 1.29 is 9.90 Å². The molecule has 1 aliphatic rings. The fourth-order valence-electron chi connectivity index (χ4n) is 2.83. The molecule has 0 fully saturated rings. The van der Waals surface area contributed by atoms with Gasteiger partial charge in [-0.05, 0) is 29.2 Å². The zero-order valence-electron chi connectivity index (χ0n) is 11.5. The van der Waals surface area contributed by atoms with E-state index in [0.29, 0.717) is 24.5 Å². The summed E-state index contributed by atoms with van der Waals surface area (Å²) in [5, 5.41) is 10.2. The van der Waals surface area contributed by atoms with Gasteiger partial charge in [0, 0.05) is 18.1 Å². The Morgan fingerprint density at radius 2 is 1.81 bits per heavy atom. The van der Waals surface area contributed by atoms with Crippen molar-refractivity contribution in [3.05, 3.63) is 70.2 Å². The zero-order valence-corrected chi connectivity index (χ0v) is 12.3. The van der Waals surface area contributed by atoms with Crippen LogP contribution in [0.4, 0.5) is 0 Å². The molecule has 1 atom stereocenters. The molecule has 21 heavy (non-hydrogen) atoms. The Bertz CT molecular complexity index is 671. The van der Waals surface area contributed by atoms with Gasteiger partial charge >= 0.3 is 5.97 Å². The van der Waals surface area contributed by atoms with Crippen LogP contribution < -0.4 is 0 Å². The quantitative estimate of drug-likeness (QED) is 0.945. The molecule has 0 amide bonds. The summed E-state index contributed by atoms with van der Waals surface area (Å²) in [6.07, 6.45) is 0.538. The summed E-state index contributed by atoms with van der Waals surface area (Å²) in [7, 11) is 0. The van der Waals surface area contributed by atoms with Crippen molar-refractivity contribution >= 4 is 17.6 Å². The predicted octanol–water partition coefficient (Wildman–Crippen LogP) is 3.35. The van der Waals surface area contributed by atoms with Gasteiger partial charge in [-0.2, -0.15) is 0 Å². The molecular weight excluding hydrogens is 286 g/mol. The molecular formula is C17H16ClNO2. The molecule has 1 N–H and O–H groups in total. The maximum atomic E-state index is 11.6. The minimum Gasteiger partial charge on any atom is -0.480 e. The zero-order chi connectivity index (χ0) is 14.8. The molecule has 0 aromatic heterocycles. The highest BCUT2D eigenvalue weighted by Crippen LogP contribution is 2.26. The number of halogens is 1. The van der Waals surface area contributed by atoms with Crippen LogP contribution in [0.1, 0.15) is 16.7 Å². The molecule has 0 unspecified atom stereocenters. The Labute approximate surface area is 128 Å². The Morgan fingerprint density at radius 3 is 2.52 bits per heavy atom. The van der Waals surface area contributed by atoms with Crippen molar-refractivity contribution in [1.82, 2.24) is 4.90 Å². The lowest BCUT2D eigenvalue weighted by molar-refractivity contribution is -0.144. The van der Waals surface area contributed by atoms with Crippen molar-refractivity contribution in [2.45, 2.75) is 25.6 Å². The van der Waals surface area contributed by atoms with Gasteiger partial charge in [0.2, 0.25) is 0 Å². The third-order valence-electron chi connectivity index (χ3n) is 3.96. The summed E-state index contributed by atoms with van der Waals surface area (Å²) in [5.41, 5.74) is 3.28. The van der Waals surface area contributed by atoms with Crippen molar-refractivity contribution in [3.63, 3.8) is 0 Å². The fourth-order valence-corrected chi connectivity index (χ4v) is 3.03. The van der Waals surface area contributed by atoms with Crippen molar-refractivity contribution in [1.29, 1.82) is 0 Å². The van der Waals surface area contributed by atoms with Crippen LogP contribution in [-0.4, -0.2) is 22.0 Å². The van der Waals surface area contributed by atoms with E-state index in [1.165, 1.54) is 5.56 Å². The van der Waals surface area contributed by atoms with Gasteiger partial charge in [0.15, 0.2) is 0 Å². The van der Waals surface area contributed by atoms with Gasteiger partial charge in [-0.25, -0.2) is 0 Å². The number of benzene rings is 2. The highest BCUT2D eigenvalue weighted by molar-refractivity contribution is 6.31. The largest absolute Gasteiger partial charge is 0.480 e. The van der Waals surface area contributed by atoms with E-state index in [9.17, 15) is 9.90 Å². The normalized spacial score (nSPS) is 18.2. The number of carboxylic acids is 1. The molecule has 2 aromatic carbocycles. The Balaban J connectivity index is 1.89. The van der Waals surface area contributed by atoms with Gasteiger partial charge in [-0.1, -0.05) is 54.1 Å². The lowest BCUT2D eigenvalue weighted by Crippen LogP contribution is -2.45. The monoisotopic (exact) mass is 301 g/mol. The molecule has 0 spiro atoms. The number of carbonyl (C=O) groups is 1. The highest BCUT2D eigenvalue weighted by atomic mass is 35.5. The van der Waals surface area contributed by atoms with Gasteiger partial charge in [-0.3, -0.25) is 9.69 Å². The smallest absolute Gasteiger partial charge is 0.321 e. The van der Waals surface area contributed by atoms with Crippen LogP contribution in [-0.2, 0) is 24.3 Å². The minimum atomic E-state index is -0.781. The summed E-state index contributed by atoms with van der Waals surface area (Å²) in [4.78, 5) is 13.6. The van der Waals surface area contributed by atoms with Crippen LogP contribution in [0.15, 0.2) is 48.5 Å². The van der Waals surface area contributed by atoms with Crippen molar-refractivity contribution in [2.24, 2.45) is 0 Å². The molecule has 0 bridgehead atoms. The third kappa shape index (κ3) is 2.94. The lowest BCUT2D eigenvalue weighted by atomic mass is 9.93. The van der Waals surface area contributed by atoms with Crippen molar-refractivity contribution in [3.8, 4) is 0 Å². The maximum Gasteiger partial charge on any atom is 0.321 e. The van der Waals surface area contributed by atoms with Crippen LogP contribution in [0.2, 0.25) is 5.02 Å². The molecule has 0 saturated heterocycles. The second-order valence-corrected chi connectivity index (χ2v) is 5.73. The molecule has 3 rings (SSSR count). The fraction of sp³-hybridized carbons (Fsp3) is 0.235. The van der Waals surface area contributed by atoms with E-state index in [1.807, 2.05) is 47.4 Å². The number of fused-ring (bicyclic) bond motifs is 1. The number of hydrogen-bond acceptors (Lipinski definition) is 2. The van der Waals surface area contributed by atoms with E-state index in [0.717, 1.165) is 11.1 Å². The maximum absolute atomic E-state index is 11.6. The first-order valence-electron chi connectivity index (χ1n) is 6.92. The minimum absolute atomic E-state index is 0.504. The molecule has 108 valence electrons. The Hall–Kier alpha value is -1.84. The Kier molecular flexibility index (Phi) is 3.95. The first kappa shape index (κ1) is 14.1. The number of hydrogen-bond donors (Lipinski definition) is 1. The summed E-state index contributed by atoms with van der Waals surface area (Å²) in [6, 6.07) is 15.1. The summed E-state index contributed by atoms with van der Waals surface area (Å²) in [6.45, 7) is 1.18. The highest BCUT2D eigenvalue weighted by Gasteiger charge is 2.31. The van der Waals surface area contributed by atoms with E-state index in [4.69, 9.17) is 11.6 Å². The molecule has 1 heterocycles. The van der Waals surface area contributed by atoms with E-state index in [2.05, 4.69) is 6.07 Å². The van der Waals surface area contributed by atoms with E-state index >= 15 is 0 Å². The van der Waals surface area contributed by atoms with E-state index in [-0.39, 0.29) is 0 Å². The van der Waals surface area contributed by atoms with Gasteiger partial charge < -0.3 is 5.11 Å².